The highest BCUT2D eigenvalue weighted by Crippen LogP contribution is 2.39. The Kier molecular flexibility index (Phi) is 5.81. The minimum atomic E-state index is 0.606. The molecule has 0 fully saturated rings. The van der Waals surface area contributed by atoms with Gasteiger partial charge in [-0.1, -0.05) is 109 Å². The molecule has 1 aliphatic heterocycles. The van der Waals surface area contributed by atoms with Gasteiger partial charge in [0.25, 0.3) is 0 Å². The lowest BCUT2D eigenvalue weighted by Crippen LogP contribution is -2.00. The van der Waals surface area contributed by atoms with Crippen molar-refractivity contribution >= 4 is 38.8 Å². The van der Waals surface area contributed by atoms with E-state index >= 15 is 0 Å². The highest BCUT2D eigenvalue weighted by molar-refractivity contribution is 6.12. The van der Waals surface area contributed by atoms with Gasteiger partial charge in [-0.25, -0.2) is 15.0 Å². The maximum Gasteiger partial charge on any atom is 0.164 e. The van der Waals surface area contributed by atoms with Gasteiger partial charge in [-0.15, -0.1) is 6.54 Å². The highest BCUT2D eigenvalue weighted by Gasteiger charge is 2.19. The van der Waals surface area contributed by atoms with Gasteiger partial charge in [0.2, 0.25) is 0 Å². The topological polar surface area (TPSA) is 65.9 Å². The summed E-state index contributed by atoms with van der Waals surface area (Å²) in [4.78, 5) is 15.1. The van der Waals surface area contributed by atoms with Crippen molar-refractivity contribution in [2.24, 2.45) is 0 Å². The number of fused-ring (bicyclic) bond motifs is 5. The lowest BCUT2D eigenvalue weighted by Gasteiger charge is -2.22. The van der Waals surface area contributed by atoms with Crippen LogP contribution >= 0.6 is 0 Å². The molecule has 0 radical (unpaired) electrons. The van der Waals surface area contributed by atoms with E-state index in [1.54, 1.807) is 0 Å². The van der Waals surface area contributed by atoms with Crippen molar-refractivity contribution in [2.45, 2.75) is 6.54 Å². The smallest absolute Gasteiger partial charge is 0.164 e. The Morgan fingerprint density at radius 2 is 1.22 bits per heavy atom. The number of hydrogen-bond acceptors (Lipinski definition) is 4. The van der Waals surface area contributed by atoms with E-state index in [9.17, 15) is 0 Å². The van der Waals surface area contributed by atoms with Crippen molar-refractivity contribution in [2.75, 3.05) is 0 Å². The molecule has 0 atom stereocenters. The van der Waals surface area contributed by atoms with Gasteiger partial charge in [-0.3, -0.25) is 0 Å². The van der Waals surface area contributed by atoms with Gasteiger partial charge in [0.1, 0.15) is 11.2 Å². The summed E-state index contributed by atoms with van der Waals surface area (Å²) in [5, 5.41) is 8.78. The molecule has 0 spiro atoms. The standard InChI is InChI=1S/C40H25N4O/c1-3-8-25(9-4-1)27-14-15-29-21-31(17-16-28(29)20-27)39-42-38(26-10-5-2-6-11-26)43-40(44-39)33-12-7-13-35-37(33)34-22-32-24-41-19-18-30(32)23-36(34)45-35/h1-23H,24H2/q-1. The number of aromatic nitrogens is 3. The van der Waals surface area contributed by atoms with E-state index in [1.165, 1.54) is 16.7 Å². The van der Waals surface area contributed by atoms with Crippen LogP contribution in [0.4, 0.5) is 0 Å². The van der Waals surface area contributed by atoms with Crippen molar-refractivity contribution in [3.8, 4) is 45.3 Å². The summed E-state index contributed by atoms with van der Waals surface area (Å²) in [5.41, 5.74) is 9.11. The van der Waals surface area contributed by atoms with Gasteiger partial charge in [0.05, 0.1) is 0 Å². The molecule has 1 aliphatic rings. The van der Waals surface area contributed by atoms with Crippen LogP contribution < -0.4 is 0 Å². The molecule has 2 aromatic heterocycles. The molecule has 0 bridgehead atoms. The van der Waals surface area contributed by atoms with Crippen molar-refractivity contribution in [3.63, 3.8) is 0 Å². The Hall–Kier alpha value is -6.07. The van der Waals surface area contributed by atoms with Crippen LogP contribution in [0.15, 0.2) is 138 Å². The molecule has 8 aromatic rings. The predicted octanol–water partition coefficient (Wildman–Crippen LogP) is 10.5. The first-order valence-corrected chi connectivity index (χ1v) is 15.0. The molecule has 5 heteroatoms. The van der Waals surface area contributed by atoms with Crippen molar-refractivity contribution < 1.29 is 4.42 Å². The summed E-state index contributed by atoms with van der Waals surface area (Å²) in [6.07, 6.45) is 3.89. The summed E-state index contributed by atoms with van der Waals surface area (Å²) >= 11 is 0. The highest BCUT2D eigenvalue weighted by atomic mass is 16.3. The fourth-order valence-electron chi connectivity index (χ4n) is 6.23. The first-order valence-electron chi connectivity index (χ1n) is 15.0. The quantitative estimate of drug-likeness (QED) is 0.209. The van der Waals surface area contributed by atoms with E-state index in [4.69, 9.17) is 19.4 Å². The van der Waals surface area contributed by atoms with Gasteiger partial charge in [0, 0.05) is 27.5 Å². The molecule has 212 valence electrons. The van der Waals surface area contributed by atoms with E-state index in [-0.39, 0.29) is 0 Å². The normalized spacial score (nSPS) is 12.4. The van der Waals surface area contributed by atoms with Crippen LogP contribution in [0.2, 0.25) is 0 Å². The Bertz CT molecular complexity index is 2430. The van der Waals surface area contributed by atoms with E-state index in [2.05, 4.69) is 84.2 Å². The minimum absolute atomic E-state index is 0.606. The summed E-state index contributed by atoms with van der Waals surface area (Å²) in [6.45, 7) is 0.652. The summed E-state index contributed by atoms with van der Waals surface area (Å²) < 4.78 is 6.36. The Morgan fingerprint density at radius 1 is 0.533 bits per heavy atom. The second kappa shape index (κ2) is 10.3. The summed E-state index contributed by atoms with van der Waals surface area (Å²) in [7, 11) is 0. The Morgan fingerprint density at radius 3 is 2.02 bits per heavy atom. The van der Waals surface area contributed by atoms with E-state index < -0.39 is 0 Å². The third kappa shape index (κ3) is 4.45. The zero-order valence-corrected chi connectivity index (χ0v) is 24.2. The van der Waals surface area contributed by atoms with E-state index in [1.807, 2.05) is 60.8 Å². The van der Waals surface area contributed by atoms with Crippen LogP contribution in [0.5, 0.6) is 0 Å². The van der Waals surface area contributed by atoms with Gasteiger partial charge < -0.3 is 9.73 Å². The van der Waals surface area contributed by atoms with Crippen LogP contribution in [0.25, 0.3) is 89.4 Å². The summed E-state index contributed by atoms with van der Waals surface area (Å²) in [5.74, 6) is 1.86. The van der Waals surface area contributed by atoms with Gasteiger partial charge in [-0.05, 0) is 57.8 Å². The first kappa shape index (κ1) is 25.4. The molecule has 9 rings (SSSR count). The maximum absolute atomic E-state index is 6.36. The Balaban J connectivity index is 1.23. The number of nitrogens with zero attached hydrogens (tertiary/aromatic N) is 4. The molecule has 0 aliphatic carbocycles. The monoisotopic (exact) mass is 577 g/mol. The van der Waals surface area contributed by atoms with Crippen molar-refractivity contribution in [1.29, 1.82) is 0 Å². The molecule has 0 amide bonds. The molecular formula is C40H25N4O-. The molecule has 0 saturated heterocycles. The van der Waals surface area contributed by atoms with Crippen LogP contribution in [0.3, 0.4) is 0 Å². The molecule has 0 unspecified atom stereocenters. The minimum Gasteiger partial charge on any atom is -0.687 e. The van der Waals surface area contributed by atoms with Crippen LogP contribution in [-0.2, 0) is 6.54 Å². The zero-order valence-electron chi connectivity index (χ0n) is 24.2. The predicted molar refractivity (Wildman–Crippen MR) is 182 cm³/mol. The fraction of sp³-hybridized carbons (Fsp3) is 0.0250. The average Bonchev–Trinajstić information content (AvgIpc) is 3.48. The second-order valence-corrected chi connectivity index (χ2v) is 11.3. The molecule has 6 aromatic carbocycles. The first-order chi connectivity index (χ1) is 22.3. The van der Waals surface area contributed by atoms with Gasteiger partial charge in [-0.2, -0.15) is 6.20 Å². The number of rotatable bonds is 4. The van der Waals surface area contributed by atoms with Gasteiger partial charge >= 0.3 is 0 Å². The average molecular weight is 578 g/mol. The summed E-state index contributed by atoms with van der Waals surface area (Å²) in [6, 6.07) is 43.9. The van der Waals surface area contributed by atoms with Crippen LogP contribution in [0.1, 0.15) is 11.1 Å². The molecule has 0 saturated carbocycles. The van der Waals surface area contributed by atoms with Crippen molar-refractivity contribution in [1.82, 2.24) is 15.0 Å². The Labute approximate surface area is 259 Å². The molecule has 3 heterocycles. The van der Waals surface area contributed by atoms with Gasteiger partial charge in [0.15, 0.2) is 17.5 Å². The SMILES string of the molecule is C1=Cc2cc3oc4cccc(-c5nc(-c6ccccc6)nc(-c6ccc7cc(-c8ccccc8)ccc7c6)n5)c4c3cc2C[N-]1. The van der Waals surface area contributed by atoms with E-state index in [0.717, 1.165) is 55.0 Å². The third-order valence-corrected chi connectivity index (χ3v) is 8.49. The molecule has 0 N–H and O–H groups in total. The molecule has 5 nitrogen and oxygen atoms in total. The molecule has 45 heavy (non-hydrogen) atoms. The fourth-order valence-corrected chi connectivity index (χ4v) is 6.23. The van der Waals surface area contributed by atoms with E-state index in [0.29, 0.717) is 24.0 Å². The lowest BCUT2D eigenvalue weighted by atomic mass is 9.99. The third-order valence-electron chi connectivity index (χ3n) is 8.49. The maximum atomic E-state index is 6.36. The zero-order chi connectivity index (χ0) is 29.7. The lowest BCUT2D eigenvalue weighted by molar-refractivity contribution is 0.668. The number of benzene rings is 6. The van der Waals surface area contributed by atoms with Crippen LogP contribution in [0, 0.1) is 0 Å². The number of hydrogen-bond donors (Lipinski definition) is 0. The number of furan rings is 1. The second-order valence-electron chi connectivity index (χ2n) is 11.3. The largest absolute Gasteiger partial charge is 0.687 e. The molecular weight excluding hydrogens is 552 g/mol. The van der Waals surface area contributed by atoms with Crippen LogP contribution in [-0.4, -0.2) is 15.0 Å². The van der Waals surface area contributed by atoms with Crippen molar-refractivity contribution in [3.05, 3.63) is 150 Å².